The second-order valence-corrected chi connectivity index (χ2v) is 4.60. The summed E-state index contributed by atoms with van der Waals surface area (Å²) in [5.41, 5.74) is 1.45. The number of hydrogen-bond acceptors (Lipinski definition) is 2. The smallest absolute Gasteiger partial charge is 0.168 e. The maximum atomic E-state index is 12.4. The van der Waals surface area contributed by atoms with Crippen LogP contribution in [0.2, 0.25) is 0 Å². The number of carbonyl (C=O) groups is 1. The molecule has 0 aromatic heterocycles. The number of hydrogen-bond donors (Lipinski definition) is 1. The highest BCUT2D eigenvalue weighted by atomic mass is 16.3. The first-order valence-electron chi connectivity index (χ1n) is 6.56. The zero-order valence-corrected chi connectivity index (χ0v) is 11.0. The van der Waals surface area contributed by atoms with Gasteiger partial charge in [0.25, 0.3) is 0 Å². The summed E-state index contributed by atoms with van der Waals surface area (Å²) in [6, 6.07) is 18.5. The van der Waals surface area contributed by atoms with Crippen LogP contribution in [0.5, 0.6) is 0 Å². The molecule has 0 radical (unpaired) electrons. The quantitative estimate of drug-likeness (QED) is 0.827. The average Bonchev–Trinajstić information content (AvgIpc) is 2.49. The SMILES string of the molecule is CC[C@@H](C(=O)c1ccccc1)[C@@H](O)c1ccccc1. The third kappa shape index (κ3) is 3.09. The van der Waals surface area contributed by atoms with Gasteiger partial charge >= 0.3 is 0 Å². The first kappa shape index (κ1) is 13.5. The van der Waals surface area contributed by atoms with E-state index in [1.807, 2.05) is 55.5 Å². The normalized spacial score (nSPS) is 13.8. The lowest BCUT2D eigenvalue weighted by Gasteiger charge is -2.20. The molecule has 0 bridgehead atoms. The van der Waals surface area contributed by atoms with Gasteiger partial charge in [0.15, 0.2) is 5.78 Å². The Morgan fingerprint density at radius 3 is 2.05 bits per heavy atom. The van der Waals surface area contributed by atoms with Crippen molar-refractivity contribution in [3.05, 3.63) is 71.8 Å². The zero-order valence-electron chi connectivity index (χ0n) is 11.0. The monoisotopic (exact) mass is 254 g/mol. The average molecular weight is 254 g/mol. The maximum Gasteiger partial charge on any atom is 0.168 e. The largest absolute Gasteiger partial charge is 0.388 e. The summed E-state index contributed by atoms with van der Waals surface area (Å²) in [6.45, 7) is 1.93. The van der Waals surface area contributed by atoms with E-state index in [2.05, 4.69) is 0 Å². The molecule has 2 rings (SSSR count). The minimum absolute atomic E-state index is 0.000506. The number of rotatable bonds is 5. The number of aliphatic hydroxyl groups excluding tert-OH is 1. The van der Waals surface area contributed by atoms with Crippen molar-refractivity contribution in [1.82, 2.24) is 0 Å². The standard InChI is InChI=1S/C17H18O2/c1-2-15(16(18)13-9-5-3-6-10-13)17(19)14-11-7-4-8-12-14/h3-12,15-16,18H,2H2,1H3/t15-,16+/m1/s1. The molecule has 2 aromatic rings. The van der Waals surface area contributed by atoms with Crippen molar-refractivity contribution < 1.29 is 9.90 Å². The molecule has 19 heavy (non-hydrogen) atoms. The first-order chi connectivity index (χ1) is 9.24. The van der Waals surface area contributed by atoms with Crippen molar-refractivity contribution in [2.45, 2.75) is 19.4 Å². The molecule has 0 saturated heterocycles. The van der Waals surface area contributed by atoms with E-state index < -0.39 is 12.0 Å². The minimum Gasteiger partial charge on any atom is -0.388 e. The molecule has 0 unspecified atom stereocenters. The van der Waals surface area contributed by atoms with Gasteiger partial charge in [-0.25, -0.2) is 0 Å². The summed E-state index contributed by atoms with van der Waals surface area (Å²) in [5.74, 6) is -0.399. The van der Waals surface area contributed by atoms with Crippen LogP contribution >= 0.6 is 0 Å². The third-order valence-electron chi connectivity index (χ3n) is 3.36. The van der Waals surface area contributed by atoms with E-state index >= 15 is 0 Å². The van der Waals surface area contributed by atoms with Crippen LogP contribution in [-0.4, -0.2) is 10.9 Å². The Hall–Kier alpha value is -1.93. The van der Waals surface area contributed by atoms with Crippen molar-refractivity contribution in [1.29, 1.82) is 0 Å². The Bertz CT molecular complexity index is 519. The molecule has 0 aliphatic heterocycles. The summed E-state index contributed by atoms with van der Waals surface area (Å²) in [6.07, 6.45) is -0.136. The Kier molecular flexibility index (Phi) is 4.48. The molecule has 0 amide bonds. The number of benzene rings is 2. The minimum atomic E-state index is -0.751. The fourth-order valence-corrected chi connectivity index (χ4v) is 2.25. The fraction of sp³-hybridized carbons (Fsp3) is 0.235. The van der Waals surface area contributed by atoms with Gasteiger partial charge in [0.05, 0.1) is 12.0 Å². The van der Waals surface area contributed by atoms with Gasteiger partial charge in [-0.05, 0) is 12.0 Å². The molecule has 2 heteroatoms. The van der Waals surface area contributed by atoms with Crippen LogP contribution in [0.15, 0.2) is 60.7 Å². The molecule has 0 heterocycles. The van der Waals surface area contributed by atoms with Gasteiger partial charge in [0.1, 0.15) is 0 Å². The van der Waals surface area contributed by atoms with Gasteiger partial charge in [-0.15, -0.1) is 0 Å². The van der Waals surface area contributed by atoms with Crippen molar-refractivity contribution in [2.75, 3.05) is 0 Å². The van der Waals surface area contributed by atoms with Crippen molar-refractivity contribution >= 4 is 5.78 Å². The molecular formula is C17H18O2. The number of Topliss-reactive ketones (excluding diaryl/α,β-unsaturated/α-hetero) is 1. The van der Waals surface area contributed by atoms with E-state index in [1.165, 1.54) is 0 Å². The van der Waals surface area contributed by atoms with Crippen LogP contribution in [0.4, 0.5) is 0 Å². The van der Waals surface area contributed by atoms with Gasteiger partial charge < -0.3 is 5.11 Å². The molecular weight excluding hydrogens is 236 g/mol. The molecule has 2 aromatic carbocycles. The van der Waals surface area contributed by atoms with Crippen molar-refractivity contribution in [3.63, 3.8) is 0 Å². The van der Waals surface area contributed by atoms with Crippen LogP contribution in [0, 0.1) is 5.92 Å². The van der Waals surface area contributed by atoms with E-state index in [4.69, 9.17) is 0 Å². The Balaban J connectivity index is 2.23. The second-order valence-electron chi connectivity index (χ2n) is 4.60. The number of ketones is 1. The Morgan fingerprint density at radius 1 is 1.00 bits per heavy atom. The van der Waals surface area contributed by atoms with Gasteiger partial charge in [0.2, 0.25) is 0 Å². The van der Waals surface area contributed by atoms with E-state index in [1.54, 1.807) is 12.1 Å². The number of aliphatic hydroxyl groups is 1. The van der Waals surface area contributed by atoms with E-state index in [9.17, 15) is 9.90 Å². The van der Waals surface area contributed by atoms with E-state index in [-0.39, 0.29) is 5.78 Å². The highest BCUT2D eigenvalue weighted by Crippen LogP contribution is 2.27. The van der Waals surface area contributed by atoms with Gasteiger partial charge in [-0.2, -0.15) is 0 Å². The highest BCUT2D eigenvalue weighted by Gasteiger charge is 2.26. The lowest BCUT2D eigenvalue weighted by molar-refractivity contribution is 0.0667. The van der Waals surface area contributed by atoms with Crippen LogP contribution in [0.25, 0.3) is 0 Å². The Morgan fingerprint density at radius 2 is 1.53 bits per heavy atom. The molecule has 1 N–H and O–H groups in total. The van der Waals surface area contributed by atoms with Crippen molar-refractivity contribution in [3.8, 4) is 0 Å². The lowest BCUT2D eigenvalue weighted by Crippen LogP contribution is -2.22. The van der Waals surface area contributed by atoms with Crippen LogP contribution in [-0.2, 0) is 0 Å². The molecule has 0 saturated carbocycles. The predicted octanol–water partition coefficient (Wildman–Crippen LogP) is 3.63. The molecule has 0 spiro atoms. The van der Waals surface area contributed by atoms with Gasteiger partial charge in [0, 0.05) is 5.56 Å². The Labute approximate surface area is 113 Å². The highest BCUT2D eigenvalue weighted by molar-refractivity contribution is 5.98. The van der Waals surface area contributed by atoms with Gasteiger partial charge in [-0.3, -0.25) is 4.79 Å². The summed E-state index contributed by atoms with van der Waals surface area (Å²) >= 11 is 0. The van der Waals surface area contributed by atoms with E-state index in [0.29, 0.717) is 12.0 Å². The summed E-state index contributed by atoms with van der Waals surface area (Å²) in [7, 11) is 0. The van der Waals surface area contributed by atoms with Crippen LogP contribution in [0.1, 0.15) is 35.4 Å². The molecule has 98 valence electrons. The van der Waals surface area contributed by atoms with Crippen LogP contribution in [0.3, 0.4) is 0 Å². The number of carbonyl (C=O) groups excluding carboxylic acids is 1. The second kappa shape index (κ2) is 6.30. The fourth-order valence-electron chi connectivity index (χ4n) is 2.25. The molecule has 2 nitrogen and oxygen atoms in total. The third-order valence-corrected chi connectivity index (χ3v) is 3.36. The van der Waals surface area contributed by atoms with Gasteiger partial charge in [-0.1, -0.05) is 67.6 Å². The zero-order chi connectivity index (χ0) is 13.7. The van der Waals surface area contributed by atoms with Crippen molar-refractivity contribution in [2.24, 2.45) is 5.92 Å². The molecule has 2 atom stereocenters. The molecule has 0 aliphatic rings. The lowest BCUT2D eigenvalue weighted by atomic mass is 9.87. The van der Waals surface area contributed by atoms with E-state index in [0.717, 1.165) is 5.56 Å². The predicted molar refractivity (Wildman–Crippen MR) is 76.0 cm³/mol. The summed E-state index contributed by atoms with van der Waals surface area (Å²) in [5, 5.41) is 10.4. The first-order valence-corrected chi connectivity index (χ1v) is 6.56. The maximum absolute atomic E-state index is 12.4. The van der Waals surface area contributed by atoms with Crippen LogP contribution < -0.4 is 0 Å². The summed E-state index contributed by atoms with van der Waals surface area (Å²) < 4.78 is 0. The topological polar surface area (TPSA) is 37.3 Å². The summed E-state index contributed by atoms with van der Waals surface area (Å²) in [4.78, 5) is 12.4. The molecule has 0 fully saturated rings. The molecule has 0 aliphatic carbocycles.